The Balaban J connectivity index is 2.05. The maximum Gasteiger partial charge on any atom is 0.276 e. The van der Waals surface area contributed by atoms with Gasteiger partial charge in [0.05, 0.1) is 29.4 Å². The second-order valence-electron chi connectivity index (χ2n) is 5.39. The molecule has 0 atom stereocenters. The van der Waals surface area contributed by atoms with Crippen molar-refractivity contribution >= 4 is 40.1 Å². The Morgan fingerprint density at radius 1 is 1.43 bits per heavy atom. The molecule has 1 aliphatic heterocycles. The number of amides is 1. The number of morpholine rings is 1. The zero-order valence-electron chi connectivity index (χ0n) is 12.7. The lowest BCUT2D eigenvalue weighted by Gasteiger charge is -2.29. The van der Waals surface area contributed by atoms with Crippen molar-refractivity contribution in [2.24, 2.45) is 5.73 Å². The van der Waals surface area contributed by atoms with Crippen LogP contribution in [0.5, 0.6) is 0 Å². The summed E-state index contributed by atoms with van der Waals surface area (Å²) < 4.78 is 5.38. The predicted molar refractivity (Wildman–Crippen MR) is 90.3 cm³/mol. The lowest BCUT2D eigenvalue weighted by atomic mass is 10.2. The number of carbonyl (C=O) groups is 1. The van der Waals surface area contributed by atoms with Crippen LogP contribution in [0.25, 0.3) is 10.9 Å². The van der Waals surface area contributed by atoms with Gasteiger partial charge in [-0.25, -0.2) is 0 Å². The minimum absolute atomic E-state index is 0.312. The molecule has 8 heteroatoms. The smallest absolute Gasteiger partial charge is 0.276 e. The number of aromatic amines is 1. The maximum atomic E-state index is 12.4. The second kappa shape index (κ2) is 6.10. The lowest BCUT2D eigenvalue weighted by molar-refractivity contribution is 0.0864. The molecule has 1 aliphatic rings. The molecule has 0 radical (unpaired) electrons. The Labute approximate surface area is 138 Å². The van der Waals surface area contributed by atoms with Crippen LogP contribution in [-0.4, -0.2) is 55.1 Å². The number of hydrogen-bond acceptors (Lipinski definition) is 4. The average Bonchev–Trinajstić information content (AvgIpc) is 3.00. The Morgan fingerprint density at radius 2 is 2.13 bits per heavy atom. The van der Waals surface area contributed by atoms with Gasteiger partial charge in [0.15, 0.2) is 5.96 Å². The van der Waals surface area contributed by atoms with Crippen molar-refractivity contribution in [3.63, 3.8) is 0 Å². The molecule has 3 rings (SSSR count). The summed E-state index contributed by atoms with van der Waals surface area (Å²) in [5.41, 5.74) is 7.51. The molecule has 1 amide bonds. The molecule has 1 saturated heterocycles. The van der Waals surface area contributed by atoms with Crippen molar-refractivity contribution in [3.05, 3.63) is 28.9 Å². The van der Waals surface area contributed by atoms with Crippen LogP contribution in [0, 0.1) is 5.41 Å². The normalized spacial score (nSPS) is 15.0. The van der Waals surface area contributed by atoms with Gasteiger partial charge in [-0.05, 0) is 18.2 Å². The van der Waals surface area contributed by atoms with Gasteiger partial charge in [0, 0.05) is 25.5 Å². The summed E-state index contributed by atoms with van der Waals surface area (Å²) in [5, 5.41) is 8.72. The molecule has 122 valence electrons. The zero-order valence-corrected chi connectivity index (χ0v) is 13.5. The summed E-state index contributed by atoms with van der Waals surface area (Å²) in [6.07, 6.45) is 0. The van der Waals surface area contributed by atoms with E-state index in [1.165, 1.54) is 7.05 Å². The Kier molecular flexibility index (Phi) is 4.14. The number of ether oxygens (including phenoxy) is 1. The minimum Gasteiger partial charge on any atom is -0.378 e. The largest absolute Gasteiger partial charge is 0.378 e. The number of rotatable bonds is 2. The second-order valence-corrected chi connectivity index (χ2v) is 5.79. The quantitative estimate of drug-likeness (QED) is 0.573. The van der Waals surface area contributed by atoms with Crippen molar-refractivity contribution in [2.75, 3.05) is 38.3 Å². The number of aromatic nitrogens is 1. The van der Waals surface area contributed by atoms with E-state index in [9.17, 15) is 4.79 Å². The average molecular weight is 336 g/mol. The highest BCUT2D eigenvalue weighted by Crippen LogP contribution is 2.33. The first-order valence-corrected chi connectivity index (χ1v) is 7.63. The summed E-state index contributed by atoms with van der Waals surface area (Å²) in [6.45, 7) is 2.91. The van der Waals surface area contributed by atoms with E-state index in [4.69, 9.17) is 27.5 Å². The van der Waals surface area contributed by atoms with Crippen molar-refractivity contribution in [1.29, 1.82) is 5.41 Å². The summed E-state index contributed by atoms with van der Waals surface area (Å²) in [5.74, 6) is -0.689. The number of guanidine groups is 1. The van der Waals surface area contributed by atoms with Gasteiger partial charge in [0.25, 0.3) is 5.91 Å². The Hall–Kier alpha value is -2.25. The molecule has 0 saturated carbocycles. The Morgan fingerprint density at radius 3 is 2.78 bits per heavy atom. The fourth-order valence-electron chi connectivity index (χ4n) is 2.64. The summed E-state index contributed by atoms with van der Waals surface area (Å²) in [6, 6.07) is 5.46. The van der Waals surface area contributed by atoms with Gasteiger partial charge in [0.2, 0.25) is 0 Å². The van der Waals surface area contributed by atoms with Crippen molar-refractivity contribution in [2.45, 2.75) is 0 Å². The van der Waals surface area contributed by atoms with E-state index in [0.29, 0.717) is 23.9 Å². The van der Waals surface area contributed by atoms with Crippen LogP contribution >= 0.6 is 11.6 Å². The number of H-pyrrole nitrogens is 1. The molecule has 2 aromatic rings. The highest BCUT2D eigenvalue weighted by molar-refractivity contribution is 6.36. The van der Waals surface area contributed by atoms with E-state index in [-0.39, 0.29) is 11.9 Å². The third-order valence-corrected chi connectivity index (χ3v) is 4.30. The molecular weight excluding hydrogens is 318 g/mol. The third kappa shape index (κ3) is 2.85. The first-order valence-electron chi connectivity index (χ1n) is 7.25. The number of carbonyl (C=O) groups excluding carboxylic acids is 1. The van der Waals surface area contributed by atoms with Gasteiger partial charge < -0.3 is 20.4 Å². The van der Waals surface area contributed by atoms with E-state index >= 15 is 0 Å². The van der Waals surface area contributed by atoms with Gasteiger partial charge in [-0.2, -0.15) is 0 Å². The van der Waals surface area contributed by atoms with E-state index in [0.717, 1.165) is 34.6 Å². The number of halogens is 1. The number of hydrogen-bond donors (Lipinski definition) is 3. The molecule has 0 spiro atoms. The minimum atomic E-state index is -0.377. The van der Waals surface area contributed by atoms with Gasteiger partial charge in [0.1, 0.15) is 5.69 Å². The monoisotopic (exact) mass is 335 g/mol. The first-order chi connectivity index (χ1) is 11.0. The fraction of sp³-hybridized carbons (Fsp3) is 0.333. The Bertz CT molecular complexity index is 767. The van der Waals surface area contributed by atoms with Crippen LogP contribution in [0.1, 0.15) is 10.5 Å². The van der Waals surface area contributed by atoms with Crippen LogP contribution < -0.4 is 10.6 Å². The molecule has 23 heavy (non-hydrogen) atoms. The third-order valence-electron chi connectivity index (χ3n) is 3.97. The molecule has 0 aliphatic carbocycles. The molecule has 2 heterocycles. The molecule has 1 fully saturated rings. The van der Waals surface area contributed by atoms with Crippen molar-refractivity contribution in [3.8, 4) is 0 Å². The number of anilines is 1. The number of nitrogens with one attached hydrogen (secondary N) is 2. The molecule has 7 nitrogen and oxygen atoms in total. The standard InChI is InChI=1S/C15H18ClN5O2/c1-20(15(17)18)14(22)11-8-9-10(16)2-3-12(13(9)19-11)21-4-6-23-7-5-21/h2-3,8,19H,4-7H2,1H3,(H3,17,18). The van der Waals surface area contributed by atoms with Crippen molar-refractivity contribution in [1.82, 2.24) is 9.88 Å². The van der Waals surface area contributed by atoms with Crippen LogP contribution in [0.2, 0.25) is 5.02 Å². The van der Waals surface area contributed by atoms with Crippen molar-refractivity contribution < 1.29 is 9.53 Å². The lowest BCUT2D eigenvalue weighted by Crippen LogP contribution is -2.38. The van der Waals surface area contributed by atoms with Crippen LogP contribution in [0.4, 0.5) is 5.69 Å². The molecular formula is C15H18ClN5O2. The number of nitrogens with two attached hydrogens (primary N) is 1. The van der Waals surface area contributed by atoms with Gasteiger partial charge >= 0.3 is 0 Å². The molecule has 0 bridgehead atoms. The van der Waals surface area contributed by atoms with Gasteiger partial charge in [-0.15, -0.1) is 0 Å². The van der Waals surface area contributed by atoms with Gasteiger partial charge in [-0.3, -0.25) is 15.1 Å². The summed E-state index contributed by atoms with van der Waals surface area (Å²) in [7, 11) is 1.46. The highest BCUT2D eigenvalue weighted by atomic mass is 35.5. The van der Waals surface area contributed by atoms with Crippen LogP contribution in [0.3, 0.4) is 0 Å². The number of fused-ring (bicyclic) bond motifs is 1. The molecule has 1 aromatic carbocycles. The first kappa shape index (κ1) is 15.6. The fourth-order valence-corrected chi connectivity index (χ4v) is 2.86. The predicted octanol–water partition coefficient (Wildman–Crippen LogP) is 1.62. The molecule has 1 aromatic heterocycles. The van der Waals surface area contributed by atoms with Crippen LogP contribution in [-0.2, 0) is 4.74 Å². The van der Waals surface area contributed by atoms with E-state index in [1.54, 1.807) is 6.07 Å². The van der Waals surface area contributed by atoms with Gasteiger partial charge in [-0.1, -0.05) is 11.6 Å². The SMILES string of the molecule is CN(C(=N)N)C(=O)c1cc2c(Cl)ccc(N3CCOCC3)c2[nH]1. The highest BCUT2D eigenvalue weighted by Gasteiger charge is 2.21. The molecule has 4 N–H and O–H groups in total. The van der Waals surface area contributed by atoms with Crippen LogP contribution in [0.15, 0.2) is 18.2 Å². The maximum absolute atomic E-state index is 12.4. The van der Waals surface area contributed by atoms with E-state index < -0.39 is 0 Å². The molecule has 0 unspecified atom stereocenters. The number of nitrogens with zero attached hydrogens (tertiary/aromatic N) is 2. The zero-order chi connectivity index (χ0) is 16.6. The summed E-state index contributed by atoms with van der Waals surface area (Å²) >= 11 is 6.27. The topological polar surface area (TPSA) is 98.4 Å². The van der Waals surface area contributed by atoms with E-state index in [2.05, 4.69) is 9.88 Å². The number of benzene rings is 1. The summed E-state index contributed by atoms with van der Waals surface area (Å²) in [4.78, 5) is 18.8. The van der Waals surface area contributed by atoms with E-state index in [1.807, 2.05) is 12.1 Å².